The number of hydrogen-bond donors (Lipinski definition) is 1. The van der Waals surface area contributed by atoms with Gasteiger partial charge in [-0.1, -0.05) is 25.1 Å². The van der Waals surface area contributed by atoms with Crippen LogP contribution in [0, 0.1) is 11.7 Å². The Balaban J connectivity index is 2.32. The molecule has 1 fully saturated rings. The summed E-state index contributed by atoms with van der Waals surface area (Å²) in [4.78, 5) is 2.32. The lowest BCUT2D eigenvalue weighted by Gasteiger charge is -2.27. The van der Waals surface area contributed by atoms with Crippen LogP contribution in [0.15, 0.2) is 24.3 Å². The number of nitrogens with zero attached hydrogens (tertiary/aromatic N) is 1. The van der Waals surface area contributed by atoms with Crippen molar-refractivity contribution in [1.82, 2.24) is 4.90 Å². The number of halogens is 1. The summed E-state index contributed by atoms with van der Waals surface area (Å²) < 4.78 is 13.8. The standard InChI is InChI=1S/C13H19FN2/c1-2-16-8-7-10(9-15)13(16)11-5-3-4-6-12(11)14/h3-6,10,13H,2,7-9,15H2,1H3. The first-order valence-electron chi connectivity index (χ1n) is 5.96. The van der Waals surface area contributed by atoms with Crippen molar-refractivity contribution in [2.24, 2.45) is 11.7 Å². The quantitative estimate of drug-likeness (QED) is 0.849. The third-order valence-corrected chi connectivity index (χ3v) is 3.56. The maximum atomic E-state index is 13.8. The van der Waals surface area contributed by atoms with E-state index in [2.05, 4.69) is 11.8 Å². The molecule has 88 valence electrons. The Hall–Kier alpha value is -0.930. The lowest BCUT2D eigenvalue weighted by atomic mass is 9.93. The summed E-state index contributed by atoms with van der Waals surface area (Å²) in [7, 11) is 0. The highest BCUT2D eigenvalue weighted by molar-refractivity contribution is 5.23. The molecule has 0 amide bonds. The van der Waals surface area contributed by atoms with Gasteiger partial charge in [0, 0.05) is 11.6 Å². The van der Waals surface area contributed by atoms with Crippen LogP contribution in [0.25, 0.3) is 0 Å². The molecule has 3 heteroatoms. The molecule has 1 saturated heterocycles. The predicted molar refractivity (Wildman–Crippen MR) is 63.5 cm³/mol. The Kier molecular flexibility index (Phi) is 3.56. The fourth-order valence-electron chi connectivity index (χ4n) is 2.69. The smallest absolute Gasteiger partial charge is 0.127 e. The fourth-order valence-corrected chi connectivity index (χ4v) is 2.69. The third-order valence-electron chi connectivity index (χ3n) is 3.56. The minimum atomic E-state index is -0.105. The van der Waals surface area contributed by atoms with Crippen molar-refractivity contribution in [3.63, 3.8) is 0 Å². The van der Waals surface area contributed by atoms with Crippen molar-refractivity contribution >= 4 is 0 Å². The molecular formula is C13H19FN2. The van der Waals surface area contributed by atoms with E-state index in [4.69, 9.17) is 5.73 Å². The Morgan fingerprint density at radius 3 is 2.81 bits per heavy atom. The molecular weight excluding hydrogens is 203 g/mol. The second-order valence-corrected chi connectivity index (χ2v) is 4.38. The number of hydrogen-bond acceptors (Lipinski definition) is 2. The number of benzene rings is 1. The fraction of sp³-hybridized carbons (Fsp3) is 0.538. The van der Waals surface area contributed by atoms with Crippen molar-refractivity contribution in [2.75, 3.05) is 19.6 Å². The van der Waals surface area contributed by atoms with Crippen LogP contribution in [0.2, 0.25) is 0 Å². The van der Waals surface area contributed by atoms with Crippen LogP contribution in [0.4, 0.5) is 4.39 Å². The summed E-state index contributed by atoms with van der Waals surface area (Å²) in [6.45, 7) is 4.73. The highest BCUT2D eigenvalue weighted by Crippen LogP contribution is 2.37. The molecule has 2 nitrogen and oxygen atoms in total. The van der Waals surface area contributed by atoms with Gasteiger partial charge < -0.3 is 5.73 Å². The van der Waals surface area contributed by atoms with Gasteiger partial charge in [-0.15, -0.1) is 0 Å². The highest BCUT2D eigenvalue weighted by atomic mass is 19.1. The molecule has 1 aliphatic heterocycles. The molecule has 1 aliphatic rings. The second kappa shape index (κ2) is 4.93. The Bertz CT molecular complexity index is 342. The van der Waals surface area contributed by atoms with Crippen LogP contribution in [0.5, 0.6) is 0 Å². The maximum Gasteiger partial charge on any atom is 0.127 e. The Morgan fingerprint density at radius 2 is 2.19 bits per heavy atom. The molecule has 0 radical (unpaired) electrons. The molecule has 0 aromatic heterocycles. The zero-order valence-electron chi connectivity index (χ0n) is 9.70. The molecule has 2 rings (SSSR count). The number of likely N-dealkylation sites (tertiary alicyclic amines) is 1. The van der Waals surface area contributed by atoms with Gasteiger partial charge in [0.1, 0.15) is 5.82 Å². The highest BCUT2D eigenvalue weighted by Gasteiger charge is 2.34. The molecule has 1 heterocycles. The Morgan fingerprint density at radius 1 is 1.44 bits per heavy atom. The van der Waals surface area contributed by atoms with Crippen molar-refractivity contribution in [2.45, 2.75) is 19.4 Å². The molecule has 1 aromatic carbocycles. The molecule has 0 spiro atoms. The average molecular weight is 222 g/mol. The van der Waals surface area contributed by atoms with Gasteiger partial charge in [-0.3, -0.25) is 4.90 Å². The summed E-state index contributed by atoms with van der Waals surface area (Å²) in [6, 6.07) is 7.22. The van der Waals surface area contributed by atoms with Crippen LogP contribution in [0.3, 0.4) is 0 Å². The van der Waals surface area contributed by atoms with E-state index in [1.54, 1.807) is 6.07 Å². The van der Waals surface area contributed by atoms with Crippen molar-refractivity contribution < 1.29 is 4.39 Å². The second-order valence-electron chi connectivity index (χ2n) is 4.38. The van der Waals surface area contributed by atoms with Crippen molar-refractivity contribution in [3.8, 4) is 0 Å². The zero-order valence-corrected chi connectivity index (χ0v) is 9.70. The first-order valence-corrected chi connectivity index (χ1v) is 5.96. The summed E-state index contributed by atoms with van der Waals surface area (Å²) in [5, 5.41) is 0. The van der Waals surface area contributed by atoms with Gasteiger partial charge in [-0.05, 0) is 38.0 Å². The average Bonchev–Trinajstić information content (AvgIpc) is 2.72. The molecule has 2 N–H and O–H groups in total. The van der Waals surface area contributed by atoms with Crippen LogP contribution in [-0.2, 0) is 0 Å². The van der Waals surface area contributed by atoms with E-state index in [0.717, 1.165) is 25.1 Å². The first-order chi connectivity index (χ1) is 7.77. The molecule has 0 aliphatic carbocycles. The predicted octanol–water partition coefficient (Wildman–Crippen LogP) is 2.17. The number of nitrogens with two attached hydrogens (primary N) is 1. The molecule has 0 saturated carbocycles. The van der Waals surface area contributed by atoms with Gasteiger partial charge in [0.15, 0.2) is 0 Å². The molecule has 16 heavy (non-hydrogen) atoms. The monoisotopic (exact) mass is 222 g/mol. The van der Waals surface area contributed by atoms with Crippen LogP contribution in [-0.4, -0.2) is 24.5 Å². The number of rotatable bonds is 3. The minimum absolute atomic E-state index is 0.105. The summed E-state index contributed by atoms with van der Waals surface area (Å²) >= 11 is 0. The van der Waals surface area contributed by atoms with E-state index in [1.165, 1.54) is 6.07 Å². The topological polar surface area (TPSA) is 29.3 Å². The van der Waals surface area contributed by atoms with E-state index < -0.39 is 0 Å². The summed E-state index contributed by atoms with van der Waals surface area (Å²) in [6.07, 6.45) is 1.07. The summed E-state index contributed by atoms with van der Waals surface area (Å²) in [5.41, 5.74) is 6.58. The van der Waals surface area contributed by atoms with Crippen LogP contribution >= 0.6 is 0 Å². The lowest BCUT2D eigenvalue weighted by molar-refractivity contribution is 0.236. The Labute approximate surface area is 96.2 Å². The van der Waals surface area contributed by atoms with E-state index in [1.807, 2.05) is 12.1 Å². The normalized spacial score (nSPS) is 26.2. The van der Waals surface area contributed by atoms with E-state index >= 15 is 0 Å². The first kappa shape index (κ1) is 11.6. The lowest BCUT2D eigenvalue weighted by Crippen LogP contribution is -2.28. The van der Waals surface area contributed by atoms with E-state index in [-0.39, 0.29) is 11.9 Å². The molecule has 1 aromatic rings. The minimum Gasteiger partial charge on any atom is -0.330 e. The van der Waals surface area contributed by atoms with Gasteiger partial charge in [-0.2, -0.15) is 0 Å². The third kappa shape index (κ3) is 1.97. The van der Waals surface area contributed by atoms with Gasteiger partial charge in [0.2, 0.25) is 0 Å². The van der Waals surface area contributed by atoms with Crippen molar-refractivity contribution in [1.29, 1.82) is 0 Å². The van der Waals surface area contributed by atoms with Gasteiger partial charge in [-0.25, -0.2) is 4.39 Å². The van der Waals surface area contributed by atoms with Gasteiger partial charge in [0.25, 0.3) is 0 Å². The van der Waals surface area contributed by atoms with Gasteiger partial charge >= 0.3 is 0 Å². The maximum absolute atomic E-state index is 13.8. The summed E-state index contributed by atoms with van der Waals surface area (Å²) in [5.74, 6) is 0.281. The van der Waals surface area contributed by atoms with Crippen molar-refractivity contribution in [3.05, 3.63) is 35.6 Å². The van der Waals surface area contributed by atoms with Gasteiger partial charge in [0.05, 0.1) is 0 Å². The molecule has 0 bridgehead atoms. The van der Waals surface area contributed by atoms with E-state index in [9.17, 15) is 4.39 Å². The largest absolute Gasteiger partial charge is 0.330 e. The van der Waals surface area contributed by atoms with Crippen LogP contribution < -0.4 is 5.73 Å². The van der Waals surface area contributed by atoms with E-state index in [0.29, 0.717) is 12.5 Å². The zero-order chi connectivity index (χ0) is 11.5. The SMILES string of the molecule is CCN1CCC(CN)C1c1ccccc1F. The molecule has 2 atom stereocenters. The molecule has 2 unspecified atom stereocenters. The van der Waals surface area contributed by atoms with Crippen LogP contribution in [0.1, 0.15) is 24.9 Å².